The van der Waals surface area contributed by atoms with E-state index in [9.17, 15) is 4.79 Å². The zero-order chi connectivity index (χ0) is 13.0. The van der Waals surface area contributed by atoms with Gasteiger partial charge in [0.1, 0.15) is 0 Å². The summed E-state index contributed by atoms with van der Waals surface area (Å²) in [6, 6.07) is 14.1. The predicted octanol–water partition coefficient (Wildman–Crippen LogP) is 3.92. The maximum absolute atomic E-state index is 11.8. The first kappa shape index (κ1) is 12.9. The van der Waals surface area contributed by atoms with Crippen molar-refractivity contribution in [3.05, 3.63) is 69.7 Å². The Morgan fingerprint density at radius 1 is 1.00 bits per heavy atom. The van der Waals surface area contributed by atoms with Crippen LogP contribution in [0.1, 0.15) is 15.9 Å². The van der Waals surface area contributed by atoms with Crippen LogP contribution in [0.5, 0.6) is 0 Å². The van der Waals surface area contributed by atoms with E-state index >= 15 is 0 Å². The molecule has 2 aromatic rings. The number of nitrogens with one attached hydrogen (secondary N) is 1. The Hall–Kier alpha value is -1.51. The summed E-state index contributed by atoms with van der Waals surface area (Å²) in [6.07, 6.45) is 0. The van der Waals surface area contributed by atoms with Crippen molar-refractivity contribution in [2.75, 3.05) is 0 Å². The van der Waals surface area contributed by atoms with E-state index < -0.39 is 0 Å². The highest BCUT2D eigenvalue weighted by atomic mass is 35.5. The molecule has 1 N–H and O–H groups in total. The zero-order valence-electron chi connectivity index (χ0n) is 9.49. The van der Waals surface area contributed by atoms with Crippen molar-refractivity contribution < 1.29 is 4.79 Å². The number of rotatable bonds is 3. The summed E-state index contributed by atoms with van der Waals surface area (Å²) < 4.78 is 0. The smallest absolute Gasteiger partial charge is 0.251 e. The first-order valence-corrected chi connectivity index (χ1v) is 6.19. The van der Waals surface area contributed by atoms with Crippen LogP contribution in [0.4, 0.5) is 0 Å². The molecular weight excluding hydrogens is 269 g/mol. The van der Waals surface area contributed by atoms with Gasteiger partial charge in [-0.25, -0.2) is 0 Å². The lowest BCUT2D eigenvalue weighted by Gasteiger charge is -2.05. The minimum atomic E-state index is -0.133. The van der Waals surface area contributed by atoms with Gasteiger partial charge in [-0.15, -0.1) is 0 Å². The fourth-order valence-electron chi connectivity index (χ4n) is 1.53. The molecule has 0 heterocycles. The van der Waals surface area contributed by atoms with Gasteiger partial charge in [-0.05, 0) is 42.0 Å². The summed E-state index contributed by atoms with van der Waals surface area (Å²) in [6.45, 7) is 0.446. The van der Waals surface area contributed by atoms with Crippen molar-refractivity contribution in [1.82, 2.24) is 5.32 Å². The Labute approximate surface area is 116 Å². The molecule has 0 saturated carbocycles. The molecule has 0 aromatic heterocycles. The van der Waals surface area contributed by atoms with Gasteiger partial charge < -0.3 is 5.32 Å². The lowest BCUT2D eigenvalue weighted by atomic mass is 10.2. The molecule has 2 aromatic carbocycles. The Balaban J connectivity index is 1.98. The van der Waals surface area contributed by atoms with Crippen LogP contribution in [0.3, 0.4) is 0 Å². The second kappa shape index (κ2) is 5.89. The number of benzene rings is 2. The van der Waals surface area contributed by atoms with Crippen LogP contribution in [-0.4, -0.2) is 5.91 Å². The van der Waals surface area contributed by atoms with Gasteiger partial charge in [-0.3, -0.25) is 4.79 Å². The van der Waals surface area contributed by atoms with Gasteiger partial charge in [0.25, 0.3) is 5.91 Å². The van der Waals surface area contributed by atoms with E-state index in [-0.39, 0.29) is 5.91 Å². The van der Waals surface area contributed by atoms with E-state index in [0.717, 1.165) is 5.56 Å². The van der Waals surface area contributed by atoms with E-state index in [1.54, 1.807) is 30.3 Å². The summed E-state index contributed by atoms with van der Waals surface area (Å²) >= 11 is 11.6. The van der Waals surface area contributed by atoms with Crippen LogP contribution < -0.4 is 5.32 Å². The lowest BCUT2D eigenvalue weighted by Crippen LogP contribution is -2.22. The molecule has 0 bridgehead atoms. The van der Waals surface area contributed by atoms with Crippen LogP contribution in [0.2, 0.25) is 10.0 Å². The highest BCUT2D eigenvalue weighted by Crippen LogP contribution is 2.11. The maximum Gasteiger partial charge on any atom is 0.251 e. The van der Waals surface area contributed by atoms with Crippen molar-refractivity contribution in [3.63, 3.8) is 0 Å². The van der Waals surface area contributed by atoms with Gasteiger partial charge in [0.15, 0.2) is 0 Å². The van der Waals surface area contributed by atoms with E-state index in [2.05, 4.69) is 5.32 Å². The Bertz CT molecular complexity index is 552. The summed E-state index contributed by atoms with van der Waals surface area (Å²) in [7, 11) is 0. The average molecular weight is 280 g/mol. The SMILES string of the molecule is O=C(NCc1cccc(Cl)c1)c1ccc(Cl)cc1. The third-order valence-corrected chi connectivity index (χ3v) is 2.94. The summed E-state index contributed by atoms with van der Waals surface area (Å²) in [5.74, 6) is -0.133. The number of amides is 1. The fraction of sp³-hybridized carbons (Fsp3) is 0.0714. The van der Waals surface area contributed by atoms with Crippen LogP contribution >= 0.6 is 23.2 Å². The summed E-state index contributed by atoms with van der Waals surface area (Å²) in [4.78, 5) is 11.8. The minimum absolute atomic E-state index is 0.133. The monoisotopic (exact) mass is 279 g/mol. The average Bonchev–Trinajstić information content (AvgIpc) is 2.37. The molecular formula is C14H11Cl2NO. The molecule has 0 aliphatic carbocycles. The first-order chi connectivity index (χ1) is 8.65. The third-order valence-electron chi connectivity index (χ3n) is 2.45. The summed E-state index contributed by atoms with van der Waals surface area (Å²) in [5, 5.41) is 4.09. The molecule has 18 heavy (non-hydrogen) atoms. The molecule has 2 rings (SSSR count). The van der Waals surface area contributed by atoms with E-state index in [4.69, 9.17) is 23.2 Å². The molecule has 0 spiro atoms. The second-order valence-electron chi connectivity index (χ2n) is 3.82. The highest BCUT2D eigenvalue weighted by Gasteiger charge is 2.04. The standard InChI is InChI=1S/C14H11Cl2NO/c15-12-6-4-11(5-7-12)14(18)17-9-10-2-1-3-13(16)8-10/h1-8H,9H2,(H,17,18). The van der Waals surface area contributed by atoms with Crippen molar-refractivity contribution in [3.8, 4) is 0 Å². The predicted molar refractivity (Wildman–Crippen MR) is 74.1 cm³/mol. The number of hydrogen-bond acceptors (Lipinski definition) is 1. The molecule has 92 valence electrons. The van der Waals surface area contributed by atoms with Crippen molar-refractivity contribution in [1.29, 1.82) is 0 Å². The number of halogens is 2. The number of carbonyl (C=O) groups excluding carboxylic acids is 1. The normalized spacial score (nSPS) is 10.1. The molecule has 0 aliphatic heterocycles. The largest absolute Gasteiger partial charge is 0.348 e. The molecule has 0 radical (unpaired) electrons. The lowest BCUT2D eigenvalue weighted by molar-refractivity contribution is 0.0951. The van der Waals surface area contributed by atoms with E-state index in [0.29, 0.717) is 22.2 Å². The van der Waals surface area contributed by atoms with Crippen LogP contribution in [0.25, 0.3) is 0 Å². The molecule has 4 heteroatoms. The summed E-state index contributed by atoms with van der Waals surface area (Å²) in [5.41, 5.74) is 1.55. The van der Waals surface area contributed by atoms with Gasteiger partial charge in [-0.1, -0.05) is 35.3 Å². The number of carbonyl (C=O) groups is 1. The second-order valence-corrected chi connectivity index (χ2v) is 4.69. The van der Waals surface area contributed by atoms with Crippen LogP contribution in [0.15, 0.2) is 48.5 Å². The quantitative estimate of drug-likeness (QED) is 0.907. The van der Waals surface area contributed by atoms with Gasteiger partial charge in [0.05, 0.1) is 0 Å². The highest BCUT2D eigenvalue weighted by molar-refractivity contribution is 6.30. The molecule has 0 fully saturated rings. The van der Waals surface area contributed by atoms with Gasteiger partial charge in [0.2, 0.25) is 0 Å². The van der Waals surface area contributed by atoms with Crippen LogP contribution in [-0.2, 0) is 6.54 Å². The maximum atomic E-state index is 11.8. The zero-order valence-corrected chi connectivity index (χ0v) is 11.0. The molecule has 0 aliphatic rings. The number of hydrogen-bond donors (Lipinski definition) is 1. The van der Waals surface area contributed by atoms with Crippen molar-refractivity contribution >= 4 is 29.1 Å². The molecule has 2 nitrogen and oxygen atoms in total. The van der Waals surface area contributed by atoms with Gasteiger partial charge >= 0.3 is 0 Å². The fourth-order valence-corrected chi connectivity index (χ4v) is 1.87. The molecule has 0 unspecified atom stereocenters. The third kappa shape index (κ3) is 3.49. The van der Waals surface area contributed by atoms with Gasteiger partial charge in [-0.2, -0.15) is 0 Å². The molecule has 0 saturated heterocycles. The molecule has 1 amide bonds. The van der Waals surface area contributed by atoms with E-state index in [1.807, 2.05) is 18.2 Å². The Morgan fingerprint density at radius 3 is 2.39 bits per heavy atom. The Kier molecular flexibility index (Phi) is 4.24. The molecule has 0 atom stereocenters. The van der Waals surface area contributed by atoms with E-state index in [1.165, 1.54) is 0 Å². The van der Waals surface area contributed by atoms with Gasteiger partial charge in [0, 0.05) is 22.2 Å². The minimum Gasteiger partial charge on any atom is -0.348 e. The van der Waals surface area contributed by atoms with Crippen LogP contribution in [0, 0.1) is 0 Å². The first-order valence-electron chi connectivity index (χ1n) is 5.43. The topological polar surface area (TPSA) is 29.1 Å². The van der Waals surface area contributed by atoms with Crippen molar-refractivity contribution in [2.24, 2.45) is 0 Å². The van der Waals surface area contributed by atoms with Crippen molar-refractivity contribution in [2.45, 2.75) is 6.54 Å². The Morgan fingerprint density at radius 2 is 1.72 bits per heavy atom.